The molecular formula is C13H13ClN2O2. The van der Waals surface area contributed by atoms with Gasteiger partial charge in [-0.05, 0) is 38.1 Å². The van der Waals surface area contributed by atoms with Crippen molar-refractivity contribution in [3.05, 3.63) is 46.7 Å². The third kappa shape index (κ3) is 2.38. The van der Waals surface area contributed by atoms with Gasteiger partial charge < -0.3 is 4.74 Å². The van der Waals surface area contributed by atoms with Crippen molar-refractivity contribution in [2.24, 2.45) is 0 Å². The molecule has 0 atom stereocenters. The van der Waals surface area contributed by atoms with Gasteiger partial charge in [-0.3, -0.25) is 0 Å². The summed E-state index contributed by atoms with van der Waals surface area (Å²) in [5, 5.41) is 4.85. The monoisotopic (exact) mass is 264 g/mol. The Bertz CT molecular complexity index is 561. The van der Waals surface area contributed by atoms with Crippen LogP contribution in [0.1, 0.15) is 23.0 Å². The summed E-state index contributed by atoms with van der Waals surface area (Å²) in [5.41, 5.74) is 2.08. The van der Waals surface area contributed by atoms with E-state index in [2.05, 4.69) is 5.10 Å². The van der Waals surface area contributed by atoms with E-state index in [-0.39, 0.29) is 5.97 Å². The van der Waals surface area contributed by atoms with Crippen molar-refractivity contribution < 1.29 is 9.53 Å². The summed E-state index contributed by atoms with van der Waals surface area (Å²) in [4.78, 5) is 11.7. The van der Waals surface area contributed by atoms with Crippen LogP contribution in [0.5, 0.6) is 0 Å². The normalized spacial score (nSPS) is 10.4. The number of hydrogen-bond acceptors (Lipinski definition) is 3. The molecule has 0 amide bonds. The molecule has 0 unspecified atom stereocenters. The van der Waals surface area contributed by atoms with Gasteiger partial charge in [0, 0.05) is 5.02 Å². The van der Waals surface area contributed by atoms with Gasteiger partial charge in [0.1, 0.15) is 5.56 Å². The van der Waals surface area contributed by atoms with Gasteiger partial charge in [0.15, 0.2) is 0 Å². The molecule has 0 saturated heterocycles. The van der Waals surface area contributed by atoms with Crippen molar-refractivity contribution in [3.63, 3.8) is 0 Å². The minimum atomic E-state index is -0.352. The smallest absolute Gasteiger partial charge is 0.341 e. The van der Waals surface area contributed by atoms with Crippen LogP contribution < -0.4 is 0 Å². The summed E-state index contributed by atoms with van der Waals surface area (Å²) in [7, 11) is 0. The van der Waals surface area contributed by atoms with E-state index in [1.54, 1.807) is 23.7 Å². The van der Waals surface area contributed by atoms with Crippen molar-refractivity contribution in [1.82, 2.24) is 9.78 Å². The number of nitrogens with zero attached hydrogens (tertiary/aromatic N) is 2. The van der Waals surface area contributed by atoms with E-state index in [0.717, 1.165) is 11.4 Å². The van der Waals surface area contributed by atoms with Crippen molar-refractivity contribution in [2.45, 2.75) is 13.8 Å². The van der Waals surface area contributed by atoms with Crippen molar-refractivity contribution in [2.75, 3.05) is 6.61 Å². The molecule has 0 radical (unpaired) electrons. The lowest BCUT2D eigenvalue weighted by molar-refractivity contribution is 0.0525. The Balaban J connectivity index is 2.36. The van der Waals surface area contributed by atoms with E-state index in [0.29, 0.717) is 17.2 Å². The molecule has 94 valence electrons. The topological polar surface area (TPSA) is 44.1 Å². The van der Waals surface area contributed by atoms with Gasteiger partial charge in [-0.2, -0.15) is 5.10 Å². The van der Waals surface area contributed by atoms with Gasteiger partial charge in [-0.15, -0.1) is 0 Å². The van der Waals surface area contributed by atoms with Crippen molar-refractivity contribution >= 4 is 17.6 Å². The maximum absolute atomic E-state index is 11.7. The third-order valence-corrected chi connectivity index (χ3v) is 2.83. The number of carbonyl (C=O) groups excluding carboxylic acids is 1. The van der Waals surface area contributed by atoms with E-state index >= 15 is 0 Å². The zero-order valence-corrected chi connectivity index (χ0v) is 10.9. The first-order valence-corrected chi connectivity index (χ1v) is 5.99. The molecule has 1 aromatic heterocycles. The molecule has 2 rings (SSSR count). The first-order valence-electron chi connectivity index (χ1n) is 5.61. The van der Waals surface area contributed by atoms with E-state index in [1.165, 1.54) is 6.20 Å². The van der Waals surface area contributed by atoms with Gasteiger partial charge in [-0.1, -0.05) is 11.6 Å². The molecule has 4 nitrogen and oxygen atoms in total. The Labute approximate surface area is 110 Å². The summed E-state index contributed by atoms with van der Waals surface area (Å²) >= 11 is 5.83. The molecule has 1 aromatic carbocycles. The molecule has 0 aliphatic heterocycles. The lowest BCUT2D eigenvalue weighted by Gasteiger charge is -2.05. The Hall–Kier alpha value is -1.81. The lowest BCUT2D eigenvalue weighted by Crippen LogP contribution is -2.06. The van der Waals surface area contributed by atoms with Crippen LogP contribution in [-0.4, -0.2) is 22.4 Å². The van der Waals surface area contributed by atoms with Gasteiger partial charge in [0.25, 0.3) is 0 Å². The molecule has 18 heavy (non-hydrogen) atoms. The number of hydrogen-bond donors (Lipinski definition) is 0. The molecule has 0 N–H and O–H groups in total. The Morgan fingerprint density at radius 2 is 2.06 bits per heavy atom. The minimum absolute atomic E-state index is 0.352. The summed E-state index contributed by atoms with van der Waals surface area (Å²) in [6.07, 6.45) is 1.52. The van der Waals surface area contributed by atoms with Gasteiger partial charge >= 0.3 is 5.97 Å². The van der Waals surface area contributed by atoms with Crippen LogP contribution in [0.15, 0.2) is 30.5 Å². The fourth-order valence-electron chi connectivity index (χ4n) is 1.66. The quantitative estimate of drug-likeness (QED) is 0.801. The maximum Gasteiger partial charge on any atom is 0.341 e. The predicted octanol–water partition coefficient (Wildman–Crippen LogP) is 3.01. The van der Waals surface area contributed by atoms with Gasteiger partial charge in [-0.25, -0.2) is 9.48 Å². The van der Waals surface area contributed by atoms with E-state index < -0.39 is 0 Å². The number of ether oxygens (including phenoxy) is 1. The summed E-state index contributed by atoms with van der Waals surface area (Å²) in [6.45, 7) is 3.95. The Morgan fingerprint density at radius 3 is 2.67 bits per heavy atom. The summed E-state index contributed by atoms with van der Waals surface area (Å²) in [6, 6.07) is 7.25. The standard InChI is InChI=1S/C13H13ClN2O2/c1-3-18-13(17)12-8-15-16(9(12)2)11-6-4-10(14)5-7-11/h4-8H,3H2,1-2H3. The van der Waals surface area contributed by atoms with Crippen LogP contribution in [0.4, 0.5) is 0 Å². The van der Waals surface area contributed by atoms with Crippen LogP contribution in [0.3, 0.4) is 0 Å². The average Bonchev–Trinajstić information content (AvgIpc) is 2.73. The first kappa shape index (κ1) is 12.6. The number of carbonyl (C=O) groups is 1. The molecule has 5 heteroatoms. The fourth-order valence-corrected chi connectivity index (χ4v) is 1.79. The van der Waals surface area contributed by atoms with Gasteiger partial charge in [0.2, 0.25) is 0 Å². The molecule has 0 aliphatic carbocycles. The highest BCUT2D eigenvalue weighted by molar-refractivity contribution is 6.30. The van der Waals surface area contributed by atoms with Crippen molar-refractivity contribution in [3.8, 4) is 5.69 Å². The largest absolute Gasteiger partial charge is 0.462 e. The van der Waals surface area contributed by atoms with Crippen LogP contribution in [0.2, 0.25) is 5.02 Å². The van der Waals surface area contributed by atoms with E-state index in [4.69, 9.17) is 16.3 Å². The Kier molecular flexibility index (Phi) is 3.67. The van der Waals surface area contributed by atoms with Crippen molar-refractivity contribution in [1.29, 1.82) is 0 Å². The molecule has 0 bridgehead atoms. The lowest BCUT2D eigenvalue weighted by atomic mass is 10.2. The second-order valence-corrected chi connectivity index (χ2v) is 4.19. The van der Waals surface area contributed by atoms with E-state index in [9.17, 15) is 4.79 Å². The van der Waals surface area contributed by atoms with Crippen LogP contribution in [0, 0.1) is 6.92 Å². The first-order chi connectivity index (χ1) is 8.63. The summed E-state index contributed by atoms with van der Waals surface area (Å²) in [5.74, 6) is -0.352. The van der Waals surface area contributed by atoms with Crippen LogP contribution >= 0.6 is 11.6 Å². The maximum atomic E-state index is 11.7. The molecule has 0 fully saturated rings. The highest BCUT2D eigenvalue weighted by Gasteiger charge is 2.15. The molecule has 0 spiro atoms. The molecule has 2 aromatic rings. The minimum Gasteiger partial charge on any atom is -0.462 e. The summed E-state index contributed by atoms with van der Waals surface area (Å²) < 4.78 is 6.65. The number of halogens is 1. The second kappa shape index (κ2) is 5.23. The fraction of sp³-hybridized carbons (Fsp3) is 0.231. The third-order valence-electron chi connectivity index (χ3n) is 2.58. The van der Waals surface area contributed by atoms with E-state index in [1.807, 2.05) is 19.1 Å². The predicted molar refractivity (Wildman–Crippen MR) is 69.3 cm³/mol. The number of rotatable bonds is 3. The average molecular weight is 265 g/mol. The zero-order valence-electron chi connectivity index (χ0n) is 10.2. The highest BCUT2D eigenvalue weighted by Crippen LogP contribution is 2.17. The SMILES string of the molecule is CCOC(=O)c1cnn(-c2ccc(Cl)cc2)c1C. The molecule has 0 aliphatic rings. The second-order valence-electron chi connectivity index (χ2n) is 3.75. The molecule has 0 saturated carbocycles. The molecular weight excluding hydrogens is 252 g/mol. The van der Waals surface area contributed by atoms with Crippen LogP contribution in [-0.2, 0) is 4.74 Å². The van der Waals surface area contributed by atoms with Gasteiger partial charge in [0.05, 0.1) is 24.2 Å². The highest BCUT2D eigenvalue weighted by atomic mass is 35.5. The molecule has 1 heterocycles. The Morgan fingerprint density at radius 1 is 1.39 bits per heavy atom. The number of esters is 1. The zero-order chi connectivity index (χ0) is 13.1. The number of benzene rings is 1. The van der Waals surface area contributed by atoms with Crippen LogP contribution in [0.25, 0.3) is 5.69 Å². The number of aromatic nitrogens is 2.